The third-order valence-electron chi connectivity index (χ3n) is 5.33. The summed E-state index contributed by atoms with van der Waals surface area (Å²) in [5, 5.41) is 3.13. The Kier molecular flexibility index (Phi) is 5.59. The molecule has 0 bridgehead atoms. The summed E-state index contributed by atoms with van der Waals surface area (Å²) in [7, 11) is 3.56. The molecule has 2 aliphatic heterocycles. The molecule has 2 aliphatic rings. The van der Waals surface area contributed by atoms with Crippen LogP contribution < -0.4 is 5.32 Å². The van der Waals surface area contributed by atoms with Gasteiger partial charge < -0.3 is 15.0 Å². The van der Waals surface area contributed by atoms with Crippen LogP contribution in [0.15, 0.2) is 18.2 Å². The fourth-order valence-corrected chi connectivity index (χ4v) is 3.84. The van der Waals surface area contributed by atoms with Gasteiger partial charge in [0.05, 0.1) is 11.3 Å². The van der Waals surface area contributed by atoms with Crippen LogP contribution in [0.25, 0.3) is 0 Å². The lowest BCUT2D eigenvalue weighted by Crippen LogP contribution is -2.54. The van der Waals surface area contributed by atoms with Gasteiger partial charge in [-0.05, 0) is 44.7 Å². The van der Waals surface area contributed by atoms with Crippen molar-refractivity contribution in [2.24, 2.45) is 0 Å². The minimum absolute atomic E-state index is 0.00925. The highest BCUT2D eigenvalue weighted by Gasteiger charge is 2.40. The number of carbonyl (C=O) groups excluding carboxylic acids is 1. The lowest BCUT2D eigenvalue weighted by molar-refractivity contribution is -0.119. The van der Waals surface area contributed by atoms with E-state index >= 15 is 0 Å². The molecular formula is C19H30N4O2. The maximum absolute atomic E-state index is 11.9. The van der Waals surface area contributed by atoms with Gasteiger partial charge in [-0.15, -0.1) is 0 Å². The molecule has 2 amide bonds. The summed E-state index contributed by atoms with van der Waals surface area (Å²) in [6.07, 6.45) is 3.86. The number of ether oxygens (including phenoxy) is 1. The topological polar surface area (TPSA) is 57.7 Å². The van der Waals surface area contributed by atoms with Crippen LogP contribution in [-0.2, 0) is 11.3 Å². The lowest BCUT2D eigenvalue weighted by atomic mass is 9.82. The van der Waals surface area contributed by atoms with Gasteiger partial charge in [-0.1, -0.05) is 6.07 Å². The van der Waals surface area contributed by atoms with Gasteiger partial charge in [-0.3, -0.25) is 9.88 Å². The number of aryl methyl sites for hydroxylation is 1. The van der Waals surface area contributed by atoms with Crippen LogP contribution in [-0.4, -0.2) is 66.2 Å². The second-order valence-electron chi connectivity index (χ2n) is 7.61. The third-order valence-corrected chi connectivity index (χ3v) is 5.33. The highest BCUT2D eigenvalue weighted by Crippen LogP contribution is 2.35. The fourth-order valence-electron chi connectivity index (χ4n) is 3.84. The molecule has 138 valence electrons. The summed E-state index contributed by atoms with van der Waals surface area (Å²) >= 11 is 0. The van der Waals surface area contributed by atoms with Gasteiger partial charge in [-0.2, -0.15) is 0 Å². The summed E-state index contributed by atoms with van der Waals surface area (Å²) in [6, 6.07) is 6.41. The molecule has 0 aromatic carbocycles. The van der Waals surface area contributed by atoms with Gasteiger partial charge in [0.15, 0.2) is 0 Å². The number of hydrogen-bond acceptors (Lipinski definition) is 4. The van der Waals surface area contributed by atoms with Crippen molar-refractivity contribution in [1.29, 1.82) is 0 Å². The standard InChI is InChI=1S/C19H30N4O2/c1-15-5-4-6-17(20-15)14-23-10-8-19(9-11-23)13-16(7-12-25-19)21-18(24)22(2)3/h4-6,16H,7-14H2,1-3H3,(H,21,24). The highest BCUT2D eigenvalue weighted by atomic mass is 16.5. The van der Waals surface area contributed by atoms with Gasteiger partial charge >= 0.3 is 6.03 Å². The van der Waals surface area contributed by atoms with E-state index in [0.717, 1.165) is 63.3 Å². The van der Waals surface area contributed by atoms with E-state index in [1.54, 1.807) is 19.0 Å². The van der Waals surface area contributed by atoms with Crippen LogP contribution in [0.5, 0.6) is 0 Å². The SMILES string of the molecule is Cc1cccc(CN2CCC3(CC2)CC(NC(=O)N(C)C)CCO3)n1. The average Bonchev–Trinajstić information content (AvgIpc) is 2.57. The first-order chi connectivity index (χ1) is 12.0. The molecule has 0 radical (unpaired) electrons. The predicted octanol–water partition coefficient (Wildman–Crippen LogP) is 2.17. The molecule has 1 unspecified atom stereocenters. The number of nitrogens with zero attached hydrogens (tertiary/aromatic N) is 3. The van der Waals surface area contributed by atoms with Crippen molar-refractivity contribution in [1.82, 2.24) is 20.1 Å². The van der Waals surface area contributed by atoms with Crippen molar-refractivity contribution in [2.75, 3.05) is 33.8 Å². The van der Waals surface area contributed by atoms with Crippen LogP contribution in [0.3, 0.4) is 0 Å². The van der Waals surface area contributed by atoms with E-state index in [1.165, 1.54) is 0 Å². The van der Waals surface area contributed by atoms with Crippen molar-refractivity contribution in [2.45, 2.75) is 50.8 Å². The van der Waals surface area contributed by atoms with Gasteiger partial charge in [0.25, 0.3) is 0 Å². The molecule has 25 heavy (non-hydrogen) atoms. The van der Waals surface area contributed by atoms with E-state index in [-0.39, 0.29) is 17.7 Å². The molecule has 0 saturated carbocycles. The molecule has 1 atom stereocenters. The quantitative estimate of drug-likeness (QED) is 0.911. The smallest absolute Gasteiger partial charge is 0.317 e. The predicted molar refractivity (Wildman–Crippen MR) is 97.4 cm³/mol. The minimum Gasteiger partial charge on any atom is -0.375 e. The van der Waals surface area contributed by atoms with Crippen molar-refractivity contribution >= 4 is 6.03 Å². The molecular weight excluding hydrogens is 316 g/mol. The van der Waals surface area contributed by atoms with E-state index in [4.69, 9.17) is 4.74 Å². The Balaban J connectivity index is 1.52. The molecule has 1 aromatic heterocycles. The Morgan fingerprint density at radius 2 is 2.16 bits per heavy atom. The first-order valence-electron chi connectivity index (χ1n) is 9.22. The highest BCUT2D eigenvalue weighted by molar-refractivity contribution is 5.73. The van der Waals surface area contributed by atoms with E-state index in [9.17, 15) is 4.79 Å². The molecule has 1 spiro atoms. The zero-order valence-corrected chi connectivity index (χ0v) is 15.6. The molecule has 2 fully saturated rings. The number of carbonyl (C=O) groups is 1. The summed E-state index contributed by atoms with van der Waals surface area (Å²) < 4.78 is 6.19. The number of amides is 2. The molecule has 3 heterocycles. The Hall–Kier alpha value is -1.66. The number of nitrogens with one attached hydrogen (secondary N) is 1. The van der Waals surface area contributed by atoms with Crippen molar-refractivity contribution < 1.29 is 9.53 Å². The zero-order valence-electron chi connectivity index (χ0n) is 15.6. The zero-order chi connectivity index (χ0) is 17.9. The monoisotopic (exact) mass is 346 g/mol. The summed E-state index contributed by atoms with van der Waals surface area (Å²) in [6.45, 7) is 5.71. The second kappa shape index (κ2) is 7.70. The second-order valence-corrected chi connectivity index (χ2v) is 7.61. The summed E-state index contributed by atoms with van der Waals surface area (Å²) in [5.74, 6) is 0. The van der Waals surface area contributed by atoms with Crippen LogP contribution in [0, 0.1) is 6.92 Å². The van der Waals surface area contributed by atoms with Gasteiger partial charge in [-0.25, -0.2) is 4.79 Å². The van der Waals surface area contributed by atoms with Crippen molar-refractivity contribution in [3.63, 3.8) is 0 Å². The van der Waals surface area contributed by atoms with E-state index < -0.39 is 0 Å². The van der Waals surface area contributed by atoms with E-state index in [1.807, 2.05) is 13.0 Å². The number of rotatable bonds is 3. The number of likely N-dealkylation sites (tertiary alicyclic amines) is 1. The van der Waals surface area contributed by atoms with E-state index in [2.05, 4.69) is 27.3 Å². The van der Waals surface area contributed by atoms with Crippen LogP contribution in [0.4, 0.5) is 4.79 Å². The number of pyridine rings is 1. The Bertz CT molecular complexity index is 597. The number of hydrogen-bond donors (Lipinski definition) is 1. The minimum atomic E-state index is -0.0704. The van der Waals surface area contributed by atoms with Crippen molar-refractivity contribution in [3.8, 4) is 0 Å². The first kappa shape index (κ1) is 18.1. The molecule has 0 aliphatic carbocycles. The third kappa shape index (κ3) is 4.70. The molecule has 1 N–H and O–H groups in total. The fraction of sp³-hybridized carbons (Fsp3) is 0.684. The molecule has 2 saturated heterocycles. The maximum Gasteiger partial charge on any atom is 0.317 e. The number of piperidine rings is 1. The average molecular weight is 346 g/mol. The molecule has 3 rings (SSSR count). The Morgan fingerprint density at radius 3 is 2.84 bits per heavy atom. The van der Waals surface area contributed by atoms with Crippen molar-refractivity contribution in [3.05, 3.63) is 29.6 Å². The number of urea groups is 1. The summed E-state index contributed by atoms with van der Waals surface area (Å²) in [5.41, 5.74) is 2.14. The Morgan fingerprint density at radius 1 is 1.40 bits per heavy atom. The largest absolute Gasteiger partial charge is 0.375 e. The molecule has 1 aromatic rings. The Labute approximate surface area is 150 Å². The molecule has 6 nitrogen and oxygen atoms in total. The van der Waals surface area contributed by atoms with Gasteiger partial charge in [0.2, 0.25) is 0 Å². The summed E-state index contributed by atoms with van der Waals surface area (Å²) in [4.78, 5) is 20.6. The van der Waals surface area contributed by atoms with Crippen LogP contribution in [0.2, 0.25) is 0 Å². The number of aromatic nitrogens is 1. The lowest BCUT2D eigenvalue weighted by Gasteiger charge is -2.46. The van der Waals surface area contributed by atoms with Crippen LogP contribution >= 0.6 is 0 Å². The van der Waals surface area contributed by atoms with Crippen LogP contribution in [0.1, 0.15) is 37.1 Å². The van der Waals surface area contributed by atoms with Gasteiger partial charge in [0, 0.05) is 52.1 Å². The maximum atomic E-state index is 11.9. The van der Waals surface area contributed by atoms with E-state index in [0.29, 0.717) is 0 Å². The van der Waals surface area contributed by atoms with Gasteiger partial charge in [0.1, 0.15) is 0 Å². The normalized spacial score (nSPS) is 23.4. The first-order valence-corrected chi connectivity index (χ1v) is 9.22. The molecule has 6 heteroatoms.